The summed E-state index contributed by atoms with van der Waals surface area (Å²) in [5.41, 5.74) is 0.812. The van der Waals surface area contributed by atoms with Crippen molar-refractivity contribution in [3.8, 4) is 0 Å². The van der Waals surface area contributed by atoms with Crippen molar-refractivity contribution in [1.29, 1.82) is 0 Å². The molecule has 0 unspecified atom stereocenters. The number of aromatic amines is 1. The highest BCUT2D eigenvalue weighted by atomic mass is 35.5. The van der Waals surface area contributed by atoms with Crippen molar-refractivity contribution in [3.63, 3.8) is 0 Å². The van der Waals surface area contributed by atoms with Crippen molar-refractivity contribution in [2.45, 2.75) is 0 Å². The summed E-state index contributed by atoms with van der Waals surface area (Å²) in [5, 5.41) is 6.43. The minimum Gasteiger partial charge on any atom is -0.398 e. The Bertz CT molecular complexity index is 741. The summed E-state index contributed by atoms with van der Waals surface area (Å²) in [6, 6.07) is 6.01. The van der Waals surface area contributed by atoms with E-state index in [9.17, 15) is 9.59 Å². The quantitative estimate of drug-likeness (QED) is 0.380. The number of carbonyl (C=O) groups excluding carboxylic acids is 2. The molecule has 114 valence electrons. The number of rotatable bonds is 5. The SMILES string of the molecule is CO/N=C/NC(=O)c1cc(C(=O)c2ccc(Cl)cc2Cl)c[nH]1. The zero-order chi connectivity index (χ0) is 16.1. The average Bonchev–Trinajstić information content (AvgIpc) is 2.96. The van der Waals surface area contributed by atoms with Crippen LogP contribution in [-0.2, 0) is 4.84 Å². The molecule has 1 amide bonds. The third-order valence-electron chi connectivity index (χ3n) is 2.72. The Hall–Kier alpha value is -2.31. The third kappa shape index (κ3) is 3.66. The molecule has 0 fully saturated rings. The van der Waals surface area contributed by atoms with Crippen LogP contribution in [0.4, 0.5) is 0 Å². The van der Waals surface area contributed by atoms with Gasteiger partial charge in [-0.15, -0.1) is 0 Å². The molecular formula is C14H11Cl2N3O3. The number of ketones is 1. The zero-order valence-electron chi connectivity index (χ0n) is 11.4. The molecule has 0 saturated carbocycles. The van der Waals surface area contributed by atoms with Crippen LogP contribution in [0.25, 0.3) is 0 Å². The van der Waals surface area contributed by atoms with Crippen LogP contribution in [0.15, 0.2) is 35.6 Å². The predicted octanol–water partition coefficient (Wildman–Crippen LogP) is 2.87. The monoisotopic (exact) mass is 339 g/mol. The number of H-pyrrole nitrogens is 1. The van der Waals surface area contributed by atoms with Crippen molar-refractivity contribution in [2.24, 2.45) is 5.16 Å². The first-order valence-corrected chi connectivity index (χ1v) is 6.82. The molecule has 0 spiro atoms. The van der Waals surface area contributed by atoms with Gasteiger partial charge in [-0.25, -0.2) is 0 Å². The van der Waals surface area contributed by atoms with Crippen LogP contribution in [-0.4, -0.2) is 30.1 Å². The van der Waals surface area contributed by atoms with E-state index in [-0.39, 0.29) is 16.5 Å². The van der Waals surface area contributed by atoms with E-state index in [4.69, 9.17) is 23.2 Å². The van der Waals surface area contributed by atoms with Crippen LogP contribution in [0, 0.1) is 0 Å². The lowest BCUT2D eigenvalue weighted by Crippen LogP contribution is -2.21. The highest BCUT2D eigenvalue weighted by Gasteiger charge is 2.16. The molecule has 6 nitrogen and oxygen atoms in total. The number of halogens is 2. The molecule has 2 rings (SSSR count). The van der Waals surface area contributed by atoms with E-state index < -0.39 is 5.91 Å². The molecule has 8 heteroatoms. The fraction of sp³-hybridized carbons (Fsp3) is 0.0714. The minimum absolute atomic E-state index is 0.205. The maximum atomic E-state index is 12.3. The number of oxime groups is 1. The minimum atomic E-state index is -0.456. The highest BCUT2D eigenvalue weighted by Crippen LogP contribution is 2.23. The largest absolute Gasteiger partial charge is 0.398 e. The Morgan fingerprint density at radius 2 is 2.09 bits per heavy atom. The van der Waals surface area contributed by atoms with Gasteiger partial charge >= 0.3 is 0 Å². The Labute approximate surface area is 136 Å². The van der Waals surface area contributed by atoms with Crippen LogP contribution in [0.3, 0.4) is 0 Å². The number of aromatic nitrogens is 1. The highest BCUT2D eigenvalue weighted by molar-refractivity contribution is 6.37. The Morgan fingerprint density at radius 1 is 1.32 bits per heavy atom. The molecule has 0 radical (unpaired) electrons. The van der Waals surface area contributed by atoms with Crippen molar-refractivity contribution < 1.29 is 14.4 Å². The second-order valence-corrected chi connectivity index (χ2v) is 4.99. The van der Waals surface area contributed by atoms with Crippen molar-refractivity contribution in [1.82, 2.24) is 10.3 Å². The summed E-state index contributed by atoms with van der Waals surface area (Å²) in [5.74, 6) is -0.774. The van der Waals surface area contributed by atoms with Gasteiger partial charge < -0.3 is 15.1 Å². The molecule has 0 bridgehead atoms. The summed E-state index contributed by atoms with van der Waals surface area (Å²) < 4.78 is 0. The van der Waals surface area contributed by atoms with E-state index in [2.05, 4.69) is 20.3 Å². The molecule has 0 atom stereocenters. The number of nitrogens with one attached hydrogen (secondary N) is 2. The van der Waals surface area contributed by atoms with E-state index in [1.54, 1.807) is 6.07 Å². The number of benzene rings is 1. The lowest BCUT2D eigenvalue weighted by Gasteiger charge is -2.01. The van der Waals surface area contributed by atoms with Crippen molar-refractivity contribution in [2.75, 3.05) is 7.11 Å². The number of carbonyl (C=O) groups is 2. The molecular weight excluding hydrogens is 329 g/mol. The molecule has 1 aromatic heterocycles. The zero-order valence-corrected chi connectivity index (χ0v) is 12.9. The Morgan fingerprint density at radius 3 is 2.77 bits per heavy atom. The first-order chi connectivity index (χ1) is 10.5. The van der Waals surface area contributed by atoms with Gasteiger partial charge in [0.15, 0.2) is 5.78 Å². The van der Waals surface area contributed by atoms with Gasteiger partial charge in [0.2, 0.25) is 0 Å². The summed E-state index contributed by atoms with van der Waals surface area (Å²) in [6.45, 7) is 0. The molecule has 2 aromatic rings. The Kier molecular flexibility index (Phi) is 5.19. The maximum Gasteiger partial charge on any atom is 0.272 e. The second-order valence-electron chi connectivity index (χ2n) is 4.15. The average molecular weight is 340 g/mol. The van der Waals surface area contributed by atoms with E-state index >= 15 is 0 Å². The van der Waals surface area contributed by atoms with Gasteiger partial charge in [-0.1, -0.05) is 28.4 Å². The predicted molar refractivity (Wildman–Crippen MR) is 83.7 cm³/mol. The molecule has 1 aromatic carbocycles. The Balaban J connectivity index is 2.18. The fourth-order valence-corrected chi connectivity index (χ4v) is 2.20. The molecule has 0 aliphatic heterocycles. The first kappa shape index (κ1) is 16.1. The van der Waals surface area contributed by atoms with Gasteiger partial charge in [0, 0.05) is 22.3 Å². The van der Waals surface area contributed by atoms with E-state index in [1.807, 2.05) is 0 Å². The van der Waals surface area contributed by atoms with Crippen LogP contribution >= 0.6 is 23.2 Å². The van der Waals surface area contributed by atoms with Crippen LogP contribution in [0.2, 0.25) is 10.0 Å². The van der Waals surface area contributed by atoms with Crippen LogP contribution < -0.4 is 5.32 Å². The first-order valence-electron chi connectivity index (χ1n) is 6.07. The van der Waals surface area contributed by atoms with Crippen molar-refractivity contribution in [3.05, 3.63) is 57.3 Å². The van der Waals surface area contributed by atoms with Crippen molar-refractivity contribution >= 4 is 41.2 Å². The normalized spacial score (nSPS) is 10.7. The standard InChI is InChI=1S/C14H11Cl2N3O3/c1-22-19-7-18-14(21)12-4-8(6-17-12)13(20)10-3-2-9(15)5-11(10)16/h2-7,17H,1H3,(H,18,19,21). The number of amides is 1. The molecule has 0 aliphatic rings. The van der Waals surface area contributed by atoms with Gasteiger partial charge in [-0.05, 0) is 24.3 Å². The van der Waals surface area contributed by atoms with Gasteiger partial charge in [0.25, 0.3) is 5.91 Å². The number of hydrogen-bond donors (Lipinski definition) is 2. The molecule has 2 N–H and O–H groups in total. The lowest BCUT2D eigenvalue weighted by molar-refractivity contribution is 0.0972. The lowest BCUT2D eigenvalue weighted by atomic mass is 10.1. The molecule has 0 saturated heterocycles. The number of hydrogen-bond acceptors (Lipinski definition) is 4. The molecule has 1 heterocycles. The summed E-state index contributed by atoms with van der Waals surface area (Å²) in [4.78, 5) is 31.2. The molecule has 0 aliphatic carbocycles. The second kappa shape index (κ2) is 7.11. The van der Waals surface area contributed by atoms with Gasteiger partial charge in [0.05, 0.1) is 5.02 Å². The third-order valence-corrected chi connectivity index (χ3v) is 3.27. The van der Waals surface area contributed by atoms with E-state index in [0.717, 1.165) is 6.34 Å². The van der Waals surface area contributed by atoms with Crippen LogP contribution in [0.1, 0.15) is 26.4 Å². The molecule has 22 heavy (non-hydrogen) atoms. The topological polar surface area (TPSA) is 83.5 Å². The smallest absolute Gasteiger partial charge is 0.272 e. The van der Waals surface area contributed by atoms with Crippen LogP contribution in [0.5, 0.6) is 0 Å². The maximum absolute atomic E-state index is 12.3. The fourth-order valence-electron chi connectivity index (χ4n) is 1.70. The summed E-state index contributed by atoms with van der Waals surface area (Å²) >= 11 is 11.8. The van der Waals surface area contributed by atoms with Gasteiger partial charge in [0.1, 0.15) is 19.1 Å². The van der Waals surface area contributed by atoms with E-state index in [1.165, 1.54) is 31.5 Å². The van der Waals surface area contributed by atoms with E-state index in [0.29, 0.717) is 16.1 Å². The summed E-state index contributed by atoms with van der Waals surface area (Å²) in [6.07, 6.45) is 2.52. The number of nitrogens with zero attached hydrogens (tertiary/aromatic N) is 1. The van der Waals surface area contributed by atoms with Gasteiger partial charge in [-0.3, -0.25) is 9.59 Å². The summed E-state index contributed by atoms with van der Waals surface area (Å²) in [7, 11) is 1.35. The van der Waals surface area contributed by atoms with Gasteiger partial charge in [-0.2, -0.15) is 0 Å².